The third kappa shape index (κ3) is 6.79. The minimum Gasteiger partial charge on any atom is -0.484 e. The van der Waals surface area contributed by atoms with Gasteiger partial charge in [0.2, 0.25) is 0 Å². The molecule has 0 spiro atoms. The van der Waals surface area contributed by atoms with Gasteiger partial charge in [-0.05, 0) is 54.1 Å². The zero-order valence-electron chi connectivity index (χ0n) is 19.5. The van der Waals surface area contributed by atoms with E-state index in [1.165, 1.54) is 42.5 Å². The van der Waals surface area contributed by atoms with E-state index < -0.39 is 47.6 Å². The summed E-state index contributed by atoms with van der Waals surface area (Å²) in [5.41, 5.74) is -1.89. The Kier molecular flexibility index (Phi) is 8.02. The Morgan fingerprint density at radius 1 is 0.949 bits per heavy atom. The van der Waals surface area contributed by atoms with Crippen LogP contribution in [0.15, 0.2) is 77.7 Å². The number of anilines is 2. The number of nitrogens with zero attached hydrogens (tertiary/aromatic N) is 1. The van der Waals surface area contributed by atoms with Gasteiger partial charge in [0.25, 0.3) is 11.8 Å². The minimum absolute atomic E-state index is 0.0223. The molecular weight excluding hydrogens is 566 g/mol. The summed E-state index contributed by atoms with van der Waals surface area (Å²) in [7, 11) is 0. The monoisotopic (exact) mass is 582 g/mol. The third-order valence-corrected chi connectivity index (χ3v) is 6.56. The molecule has 1 N–H and O–H groups in total. The molecule has 1 heterocycles. The molecule has 0 radical (unpaired) electrons. The lowest BCUT2D eigenvalue weighted by Crippen LogP contribution is -2.27. The van der Waals surface area contributed by atoms with Crippen LogP contribution in [0.3, 0.4) is 0 Å². The molecule has 0 aliphatic carbocycles. The molecule has 3 aromatic rings. The zero-order chi connectivity index (χ0) is 28.4. The van der Waals surface area contributed by atoms with E-state index >= 15 is 0 Å². The van der Waals surface area contributed by atoms with Crippen LogP contribution in [0.2, 0.25) is 0 Å². The van der Waals surface area contributed by atoms with Crippen molar-refractivity contribution >= 4 is 57.6 Å². The first kappa shape index (κ1) is 28.2. The normalized spacial score (nSPS) is 15.1. The number of thioether (sulfide) groups is 1. The first-order valence-electron chi connectivity index (χ1n) is 11.0. The molecule has 0 bridgehead atoms. The zero-order valence-corrected chi connectivity index (χ0v) is 21.1. The van der Waals surface area contributed by atoms with Gasteiger partial charge in [0.15, 0.2) is 10.9 Å². The van der Waals surface area contributed by atoms with Gasteiger partial charge in [0.1, 0.15) is 5.75 Å². The molecule has 0 aromatic heterocycles. The fourth-order valence-corrected chi connectivity index (χ4v) is 4.83. The standard InChI is InChI=1S/C26H16F6N2O3S2/c27-25(28,29)16-6-4-7-17(13-16)34-23(36)21(39-24(34)38)12-15-5-3-8-18(11-15)37-14-22(35)33-20-10-2-1-9-19(20)26(30,31)32/h1-13H,14H2,(H,33,35)/b21-12-. The second kappa shape index (κ2) is 11.1. The Morgan fingerprint density at radius 3 is 2.38 bits per heavy atom. The van der Waals surface area contributed by atoms with Crippen molar-refractivity contribution in [1.82, 2.24) is 0 Å². The maximum absolute atomic E-state index is 13.1. The molecular formula is C26H16F6N2O3S2. The summed E-state index contributed by atoms with van der Waals surface area (Å²) in [5.74, 6) is -1.24. The van der Waals surface area contributed by atoms with E-state index in [4.69, 9.17) is 17.0 Å². The summed E-state index contributed by atoms with van der Waals surface area (Å²) in [6.45, 7) is -0.590. The maximum atomic E-state index is 13.1. The van der Waals surface area contributed by atoms with Crippen molar-refractivity contribution in [2.45, 2.75) is 12.4 Å². The lowest BCUT2D eigenvalue weighted by atomic mass is 10.1. The molecule has 0 saturated carbocycles. The summed E-state index contributed by atoms with van der Waals surface area (Å²) in [6, 6.07) is 14.9. The van der Waals surface area contributed by atoms with Gasteiger partial charge in [-0.15, -0.1) is 0 Å². The fraction of sp³-hybridized carbons (Fsp3) is 0.115. The number of thiocarbonyl (C=S) groups is 1. The van der Waals surface area contributed by atoms with Gasteiger partial charge in [-0.2, -0.15) is 26.3 Å². The van der Waals surface area contributed by atoms with Crippen molar-refractivity contribution in [3.8, 4) is 5.75 Å². The lowest BCUT2D eigenvalue weighted by Gasteiger charge is -2.16. The minimum atomic E-state index is -4.65. The van der Waals surface area contributed by atoms with Gasteiger partial charge >= 0.3 is 12.4 Å². The molecule has 1 aliphatic heterocycles. The molecule has 39 heavy (non-hydrogen) atoms. The van der Waals surface area contributed by atoms with E-state index in [9.17, 15) is 35.9 Å². The molecule has 5 nitrogen and oxygen atoms in total. The predicted molar refractivity (Wildman–Crippen MR) is 139 cm³/mol. The van der Waals surface area contributed by atoms with E-state index in [1.54, 1.807) is 12.1 Å². The van der Waals surface area contributed by atoms with Gasteiger partial charge in [0, 0.05) is 0 Å². The van der Waals surface area contributed by atoms with E-state index in [1.807, 2.05) is 0 Å². The van der Waals surface area contributed by atoms with Crippen molar-refractivity contribution in [3.63, 3.8) is 0 Å². The first-order valence-corrected chi connectivity index (χ1v) is 12.2. The molecule has 3 aromatic carbocycles. The number of ether oxygens (including phenoxy) is 1. The van der Waals surface area contributed by atoms with Crippen molar-refractivity contribution in [3.05, 3.63) is 94.4 Å². The predicted octanol–water partition coefficient (Wildman–Crippen LogP) is 7.15. The maximum Gasteiger partial charge on any atom is 0.418 e. The van der Waals surface area contributed by atoms with Gasteiger partial charge in [-0.1, -0.05) is 54.3 Å². The van der Waals surface area contributed by atoms with E-state index in [0.29, 0.717) is 5.56 Å². The molecule has 2 amide bonds. The van der Waals surface area contributed by atoms with Gasteiger partial charge in [0.05, 0.1) is 27.4 Å². The van der Waals surface area contributed by atoms with Crippen LogP contribution in [0.1, 0.15) is 16.7 Å². The second-order valence-electron chi connectivity index (χ2n) is 8.02. The Morgan fingerprint density at radius 2 is 1.67 bits per heavy atom. The number of carbonyl (C=O) groups is 2. The number of halogens is 6. The smallest absolute Gasteiger partial charge is 0.418 e. The molecule has 0 atom stereocenters. The summed E-state index contributed by atoms with van der Waals surface area (Å²) < 4.78 is 84.1. The number of hydrogen-bond donors (Lipinski definition) is 1. The van der Waals surface area contributed by atoms with E-state index in [-0.39, 0.29) is 20.7 Å². The van der Waals surface area contributed by atoms with Crippen LogP contribution >= 0.6 is 24.0 Å². The number of hydrogen-bond acceptors (Lipinski definition) is 5. The molecule has 13 heteroatoms. The Labute approximate surface area is 227 Å². The highest BCUT2D eigenvalue weighted by Gasteiger charge is 2.36. The number of carbonyl (C=O) groups excluding carboxylic acids is 2. The van der Waals surface area contributed by atoms with Crippen LogP contribution in [-0.2, 0) is 21.9 Å². The van der Waals surface area contributed by atoms with Gasteiger partial charge in [-0.3, -0.25) is 14.5 Å². The SMILES string of the molecule is O=C(COc1cccc(/C=C2\SC(=S)N(c3cccc(C(F)(F)F)c3)C2=O)c1)Nc1ccccc1C(F)(F)F. The molecule has 1 aliphatic rings. The van der Waals surface area contributed by atoms with Crippen molar-refractivity contribution in [1.29, 1.82) is 0 Å². The number of para-hydroxylation sites is 1. The van der Waals surface area contributed by atoms with Crippen LogP contribution < -0.4 is 15.0 Å². The summed E-state index contributed by atoms with van der Waals surface area (Å²) >= 11 is 6.12. The van der Waals surface area contributed by atoms with Crippen molar-refractivity contribution in [2.24, 2.45) is 0 Å². The lowest BCUT2D eigenvalue weighted by molar-refractivity contribution is -0.138. The third-order valence-electron chi connectivity index (χ3n) is 5.26. The van der Waals surface area contributed by atoms with Crippen LogP contribution in [0.25, 0.3) is 6.08 Å². The number of benzene rings is 3. The van der Waals surface area contributed by atoms with Crippen LogP contribution in [0.5, 0.6) is 5.75 Å². The first-order chi connectivity index (χ1) is 18.3. The second-order valence-corrected chi connectivity index (χ2v) is 9.69. The number of amides is 2. The highest BCUT2D eigenvalue weighted by Crippen LogP contribution is 2.39. The Balaban J connectivity index is 1.45. The fourth-order valence-electron chi connectivity index (χ4n) is 3.53. The van der Waals surface area contributed by atoms with Crippen LogP contribution in [-0.4, -0.2) is 22.7 Å². The summed E-state index contributed by atoms with van der Waals surface area (Å²) in [4.78, 5) is 26.3. The molecule has 1 fully saturated rings. The average Bonchev–Trinajstić information content (AvgIpc) is 3.14. The van der Waals surface area contributed by atoms with E-state index in [0.717, 1.165) is 40.9 Å². The van der Waals surface area contributed by atoms with Crippen LogP contribution in [0.4, 0.5) is 37.7 Å². The highest BCUT2D eigenvalue weighted by atomic mass is 32.2. The van der Waals surface area contributed by atoms with Gasteiger partial charge in [-0.25, -0.2) is 0 Å². The summed E-state index contributed by atoms with van der Waals surface area (Å²) in [6.07, 6.45) is -7.79. The molecule has 4 rings (SSSR count). The Bertz CT molecular complexity index is 1470. The topological polar surface area (TPSA) is 58.6 Å². The van der Waals surface area contributed by atoms with Crippen molar-refractivity contribution < 1.29 is 40.7 Å². The molecule has 1 saturated heterocycles. The molecule has 0 unspecified atom stereocenters. The van der Waals surface area contributed by atoms with Crippen LogP contribution in [0, 0.1) is 0 Å². The van der Waals surface area contributed by atoms with Crippen molar-refractivity contribution in [2.75, 3.05) is 16.8 Å². The number of alkyl halides is 6. The number of nitrogens with one attached hydrogen (secondary N) is 1. The number of rotatable bonds is 6. The van der Waals surface area contributed by atoms with E-state index in [2.05, 4.69) is 5.32 Å². The quantitative estimate of drug-likeness (QED) is 0.190. The van der Waals surface area contributed by atoms with Gasteiger partial charge < -0.3 is 10.1 Å². The average molecular weight is 583 g/mol. The summed E-state index contributed by atoms with van der Waals surface area (Å²) in [5, 5.41) is 2.17. The highest BCUT2D eigenvalue weighted by molar-refractivity contribution is 8.27. The largest absolute Gasteiger partial charge is 0.484 e. The Hall–Kier alpha value is -3.84. The molecule has 202 valence electrons.